The Morgan fingerprint density at radius 3 is 3.06 bits per heavy atom. The number of halogens is 1. The quantitative estimate of drug-likeness (QED) is 0.831. The van der Waals surface area contributed by atoms with Crippen LogP contribution in [0.3, 0.4) is 0 Å². The second-order valence-corrected chi connectivity index (χ2v) is 4.58. The van der Waals surface area contributed by atoms with Crippen molar-refractivity contribution in [3.05, 3.63) is 23.0 Å². The Kier molecular flexibility index (Phi) is 4.51. The van der Waals surface area contributed by atoms with E-state index in [1.54, 1.807) is 6.07 Å². The zero-order valence-electron chi connectivity index (χ0n) is 9.25. The van der Waals surface area contributed by atoms with Gasteiger partial charge in [-0.2, -0.15) is 5.10 Å². The highest BCUT2D eigenvalue weighted by molar-refractivity contribution is 6.29. The highest BCUT2D eigenvalue weighted by Gasteiger charge is 2.11. The summed E-state index contributed by atoms with van der Waals surface area (Å²) in [4.78, 5) is 0. The molecule has 4 nitrogen and oxygen atoms in total. The van der Waals surface area contributed by atoms with Crippen molar-refractivity contribution in [2.75, 3.05) is 19.6 Å². The molecular formula is C11H17ClN4. The van der Waals surface area contributed by atoms with Crippen molar-refractivity contribution in [2.45, 2.75) is 19.4 Å². The van der Waals surface area contributed by atoms with E-state index in [2.05, 4.69) is 20.8 Å². The van der Waals surface area contributed by atoms with Gasteiger partial charge in [-0.3, -0.25) is 0 Å². The topological polar surface area (TPSA) is 49.8 Å². The van der Waals surface area contributed by atoms with E-state index < -0.39 is 0 Å². The van der Waals surface area contributed by atoms with Gasteiger partial charge in [-0.05, 0) is 50.5 Å². The lowest BCUT2D eigenvalue weighted by molar-refractivity contribution is 0.359. The second-order valence-electron chi connectivity index (χ2n) is 4.19. The van der Waals surface area contributed by atoms with E-state index in [4.69, 9.17) is 11.6 Å². The molecule has 1 atom stereocenters. The Balaban J connectivity index is 1.69. The lowest BCUT2D eigenvalue weighted by atomic mass is 10.00. The van der Waals surface area contributed by atoms with Crippen LogP contribution in [-0.2, 0) is 6.54 Å². The molecule has 1 aromatic rings. The van der Waals surface area contributed by atoms with Gasteiger partial charge in [-0.1, -0.05) is 11.6 Å². The van der Waals surface area contributed by atoms with Gasteiger partial charge in [0.25, 0.3) is 0 Å². The predicted octanol–water partition coefficient (Wildman–Crippen LogP) is 1.22. The first-order valence-electron chi connectivity index (χ1n) is 5.74. The summed E-state index contributed by atoms with van der Waals surface area (Å²) in [6, 6.07) is 3.68. The molecule has 1 saturated heterocycles. The van der Waals surface area contributed by atoms with Crippen LogP contribution < -0.4 is 10.6 Å². The van der Waals surface area contributed by atoms with Gasteiger partial charge in [0.2, 0.25) is 0 Å². The van der Waals surface area contributed by atoms with E-state index in [9.17, 15) is 0 Å². The molecule has 0 radical (unpaired) electrons. The molecule has 0 amide bonds. The van der Waals surface area contributed by atoms with Crippen LogP contribution in [0.15, 0.2) is 12.1 Å². The van der Waals surface area contributed by atoms with Gasteiger partial charge < -0.3 is 10.6 Å². The SMILES string of the molecule is Clc1ccc(CNC[C@@H]2CCCNC2)nn1. The Morgan fingerprint density at radius 1 is 1.44 bits per heavy atom. The molecule has 16 heavy (non-hydrogen) atoms. The van der Waals surface area contributed by atoms with Crippen LogP contribution in [-0.4, -0.2) is 29.8 Å². The monoisotopic (exact) mass is 240 g/mol. The fourth-order valence-electron chi connectivity index (χ4n) is 1.94. The van der Waals surface area contributed by atoms with Crippen LogP contribution >= 0.6 is 11.6 Å². The normalized spacial score (nSPS) is 20.9. The van der Waals surface area contributed by atoms with Crippen LogP contribution in [0.1, 0.15) is 18.5 Å². The molecule has 88 valence electrons. The minimum absolute atomic E-state index is 0.445. The van der Waals surface area contributed by atoms with Gasteiger partial charge >= 0.3 is 0 Å². The van der Waals surface area contributed by atoms with Crippen molar-refractivity contribution in [1.82, 2.24) is 20.8 Å². The predicted molar refractivity (Wildman–Crippen MR) is 64.3 cm³/mol. The number of rotatable bonds is 4. The molecule has 0 unspecified atom stereocenters. The summed E-state index contributed by atoms with van der Waals surface area (Å²) in [7, 11) is 0. The molecule has 1 fully saturated rings. The van der Waals surface area contributed by atoms with Crippen molar-refractivity contribution in [3.8, 4) is 0 Å². The molecule has 0 bridgehead atoms. The number of nitrogens with one attached hydrogen (secondary N) is 2. The van der Waals surface area contributed by atoms with Crippen molar-refractivity contribution >= 4 is 11.6 Å². The summed E-state index contributed by atoms with van der Waals surface area (Å²) < 4.78 is 0. The summed E-state index contributed by atoms with van der Waals surface area (Å²) in [5.41, 5.74) is 0.938. The van der Waals surface area contributed by atoms with Crippen LogP contribution in [0.4, 0.5) is 0 Å². The molecule has 0 aliphatic carbocycles. The molecular weight excluding hydrogens is 224 g/mol. The Hall–Kier alpha value is -0.710. The van der Waals surface area contributed by atoms with Crippen molar-refractivity contribution in [1.29, 1.82) is 0 Å². The Bertz CT molecular complexity index is 308. The smallest absolute Gasteiger partial charge is 0.151 e. The summed E-state index contributed by atoms with van der Waals surface area (Å²) in [6.45, 7) is 4.09. The van der Waals surface area contributed by atoms with Gasteiger partial charge in [0.15, 0.2) is 5.15 Å². The average molecular weight is 241 g/mol. The second kappa shape index (κ2) is 6.13. The van der Waals surface area contributed by atoms with Crippen LogP contribution in [0.5, 0.6) is 0 Å². The average Bonchev–Trinajstić information content (AvgIpc) is 2.33. The maximum Gasteiger partial charge on any atom is 0.151 e. The third-order valence-electron chi connectivity index (χ3n) is 2.83. The molecule has 0 aromatic carbocycles. The highest BCUT2D eigenvalue weighted by atomic mass is 35.5. The van der Waals surface area contributed by atoms with Crippen molar-refractivity contribution in [3.63, 3.8) is 0 Å². The fraction of sp³-hybridized carbons (Fsp3) is 0.636. The first-order valence-corrected chi connectivity index (χ1v) is 6.12. The van der Waals surface area contributed by atoms with Gasteiger partial charge in [0.1, 0.15) is 0 Å². The summed E-state index contributed by atoms with van der Waals surface area (Å²) in [5, 5.41) is 15.1. The molecule has 1 aliphatic rings. The molecule has 2 N–H and O–H groups in total. The molecule has 2 rings (SSSR count). The Labute approximate surface area is 101 Å². The van der Waals surface area contributed by atoms with Crippen LogP contribution in [0.2, 0.25) is 5.15 Å². The van der Waals surface area contributed by atoms with E-state index in [0.717, 1.165) is 31.2 Å². The van der Waals surface area contributed by atoms with Crippen molar-refractivity contribution in [2.24, 2.45) is 5.92 Å². The van der Waals surface area contributed by atoms with Crippen LogP contribution in [0, 0.1) is 5.92 Å². The van der Waals surface area contributed by atoms with Gasteiger partial charge in [-0.25, -0.2) is 0 Å². The molecule has 1 aromatic heterocycles. The molecule has 2 heterocycles. The van der Waals surface area contributed by atoms with E-state index in [-0.39, 0.29) is 0 Å². The number of piperidine rings is 1. The first kappa shape index (κ1) is 11.8. The zero-order valence-corrected chi connectivity index (χ0v) is 10.0. The molecule has 0 saturated carbocycles. The molecule has 0 spiro atoms. The number of nitrogens with zero attached hydrogens (tertiary/aromatic N) is 2. The van der Waals surface area contributed by atoms with Crippen molar-refractivity contribution < 1.29 is 0 Å². The standard InChI is InChI=1S/C11H17ClN4/c12-11-4-3-10(15-16-11)8-14-7-9-2-1-5-13-6-9/h3-4,9,13-14H,1-2,5-8H2/t9-/m1/s1. The minimum atomic E-state index is 0.445. The zero-order chi connectivity index (χ0) is 11.2. The van der Waals surface area contributed by atoms with E-state index in [1.165, 1.54) is 19.4 Å². The summed E-state index contributed by atoms with van der Waals surface area (Å²) >= 11 is 5.67. The maximum atomic E-state index is 5.67. The molecule has 1 aliphatic heterocycles. The third kappa shape index (κ3) is 3.70. The number of aromatic nitrogens is 2. The highest BCUT2D eigenvalue weighted by Crippen LogP contribution is 2.08. The fourth-order valence-corrected chi connectivity index (χ4v) is 2.04. The lowest BCUT2D eigenvalue weighted by Crippen LogP contribution is -2.35. The lowest BCUT2D eigenvalue weighted by Gasteiger charge is -2.22. The number of hydrogen-bond acceptors (Lipinski definition) is 4. The van der Waals surface area contributed by atoms with Gasteiger partial charge in [0.05, 0.1) is 5.69 Å². The number of hydrogen-bond donors (Lipinski definition) is 2. The molecule has 5 heteroatoms. The maximum absolute atomic E-state index is 5.67. The van der Waals surface area contributed by atoms with E-state index >= 15 is 0 Å². The van der Waals surface area contributed by atoms with Gasteiger partial charge in [0, 0.05) is 6.54 Å². The van der Waals surface area contributed by atoms with Gasteiger partial charge in [-0.15, -0.1) is 5.10 Å². The van der Waals surface area contributed by atoms with E-state index in [0.29, 0.717) is 5.15 Å². The largest absolute Gasteiger partial charge is 0.316 e. The summed E-state index contributed by atoms with van der Waals surface area (Å²) in [6.07, 6.45) is 2.60. The van der Waals surface area contributed by atoms with E-state index in [1.807, 2.05) is 6.07 Å². The summed E-state index contributed by atoms with van der Waals surface area (Å²) in [5.74, 6) is 0.744. The third-order valence-corrected chi connectivity index (χ3v) is 3.03. The van der Waals surface area contributed by atoms with Crippen LogP contribution in [0.25, 0.3) is 0 Å². The Morgan fingerprint density at radius 2 is 2.38 bits per heavy atom. The minimum Gasteiger partial charge on any atom is -0.316 e. The first-order chi connectivity index (χ1) is 7.84.